The van der Waals surface area contributed by atoms with Crippen LogP contribution in [0.25, 0.3) is 0 Å². The van der Waals surface area contributed by atoms with Crippen LogP contribution in [0.2, 0.25) is 0 Å². The molecule has 0 saturated carbocycles. The molecule has 0 saturated heterocycles. The predicted octanol–water partition coefficient (Wildman–Crippen LogP) is 6.70. The third kappa shape index (κ3) is 19.3. The molecular weight excluding hydrogens is 710 g/mol. The molecule has 0 unspecified atom stereocenters. The molecule has 1 N–H and O–H groups in total. The topological polar surface area (TPSA) is 93.7 Å². The number of halogens is 4. The van der Waals surface area contributed by atoms with Crippen molar-refractivity contribution < 1.29 is 51.1 Å². The fourth-order valence-electron chi connectivity index (χ4n) is 3.82. The molecule has 0 radical (unpaired) electrons. The second kappa shape index (κ2) is 25.1. The zero-order valence-corrected chi connectivity index (χ0v) is 27.8. The van der Waals surface area contributed by atoms with E-state index in [2.05, 4.69) is 27.9 Å². The van der Waals surface area contributed by atoms with Crippen LogP contribution in [0, 0.1) is 0 Å². The van der Waals surface area contributed by atoms with Gasteiger partial charge in [-0.15, -0.1) is 0 Å². The number of anilines is 2. The van der Waals surface area contributed by atoms with Gasteiger partial charge < -0.3 is 38.5 Å². The lowest BCUT2D eigenvalue weighted by atomic mass is 10.1. The minimum atomic E-state index is -4.47. The summed E-state index contributed by atoms with van der Waals surface area (Å²) >= 11 is 2.40. The molecular formula is C32H45F3INO8. The van der Waals surface area contributed by atoms with Crippen molar-refractivity contribution >= 4 is 39.9 Å². The van der Waals surface area contributed by atoms with E-state index in [1.807, 2.05) is 0 Å². The number of hydrogen-bond donors (Lipinski definition) is 1. The number of ether oxygens (including phenoxy) is 7. The highest BCUT2D eigenvalue weighted by atomic mass is 127. The van der Waals surface area contributed by atoms with E-state index in [9.17, 15) is 18.0 Å². The normalized spacial score (nSPS) is 11.6. The Hall–Kier alpha value is -2.01. The number of alkyl halides is 4. The molecule has 9 nitrogen and oxygen atoms in total. The second-order valence-electron chi connectivity index (χ2n) is 9.66. The van der Waals surface area contributed by atoms with Crippen LogP contribution >= 0.6 is 22.6 Å². The highest BCUT2D eigenvalue weighted by molar-refractivity contribution is 14.1. The number of para-hydroxylation sites is 1. The summed E-state index contributed by atoms with van der Waals surface area (Å²) in [5.74, 6) is -0.619. The van der Waals surface area contributed by atoms with Gasteiger partial charge in [0.05, 0.1) is 89.5 Å². The van der Waals surface area contributed by atoms with Crippen LogP contribution in [-0.2, 0) is 39.3 Å². The number of carbonyl (C=O) groups excluding carboxylic acids is 1. The number of esters is 1. The van der Waals surface area contributed by atoms with Crippen molar-refractivity contribution in [1.82, 2.24) is 0 Å². The highest BCUT2D eigenvalue weighted by Crippen LogP contribution is 2.32. The quantitative estimate of drug-likeness (QED) is 0.0463. The van der Waals surface area contributed by atoms with Gasteiger partial charge in [0, 0.05) is 12.3 Å². The molecule has 0 aromatic heterocycles. The first kappa shape index (κ1) is 39.2. The van der Waals surface area contributed by atoms with E-state index in [-0.39, 0.29) is 24.5 Å². The first-order valence-corrected chi connectivity index (χ1v) is 16.7. The van der Waals surface area contributed by atoms with Crippen molar-refractivity contribution in [3.8, 4) is 0 Å². The average Bonchev–Trinajstić information content (AvgIpc) is 3.03. The maximum absolute atomic E-state index is 13.0. The van der Waals surface area contributed by atoms with Gasteiger partial charge in [-0.05, 0) is 47.6 Å². The number of carbonyl (C=O) groups is 1. The van der Waals surface area contributed by atoms with E-state index < -0.39 is 17.7 Å². The summed E-state index contributed by atoms with van der Waals surface area (Å²) in [5.41, 5.74) is -0.0588. The Morgan fingerprint density at radius 2 is 1.13 bits per heavy atom. The maximum Gasteiger partial charge on any atom is 0.416 e. The Morgan fingerprint density at radius 3 is 1.69 bits per heavy atom. The molecule has 0 atom stereocenters. The maximum atomic E-state index is 13.0. The SMILES string of the molecule is O=C(OCCOCCOCCOCCOCCOCCOCCCCCCI)c1ccccc1Nc1cccc(C(F)(F)F)c1. The molecule has 0 heterocycles. The fraction of sp³-hybridized carbons (Fsp3) is 0.594. The molecule has 0 aliphatic carbocycles. The zero-order valence-electron chi connectivity index (χ0n) is 25.6. The Balaban J connectivity index is 1.40. The van der Waals surface area contributed by atoms with Gasteiger partial charge in [0.25, 0.3) is 0 Å². The Bertz CT molecular complexity index is 1050. The summed E-state index contributed by atoms with van der Waals surface area (Å²) in [6.45, 7) is 5.64. The largest absolute Gasteiger partial charge is 0.460 e. The van der Waals surface area contributed by atoms with Gasteiger partial charge in [-0.1, -0.05) is 53.6 Å². The van der Waals surface area contributed by atoms with E-state index in [1.165, 1.54) is 41.9 Å². The van der Waals surface area contributed by atoms with Crippen LogP contribution in [0.15, 0.2) is 48.5 Å². The number of nitrogens with one attached hydrogen (secondary N) is 1. The van der Waals surface area contributed by atoms with E-state index in [0.29, 0.717) is 71.8 Å². The summed E-state index contributed by atoms with van der Waals surface area (Å²) in [4.78, 5) is 12.5. The molecule has 0 bridgehead atoms. The number of unbranched alkanes of at least 4 members (excludes halogenated alkanes) is 3. The monoisotopic (exact) mass is 755 g/mol. The first-order chi connectivity index (χ1) is 21.9. The van der Waals surface area contributed by atoms with Gasteiger partial charge in [0.15, 0.2) is 0 Å². The predicted molar refractivity (Wildman–Crippen MR) is 174 cm³/mol. The zero-order chi connectivity index (χ0) is 32.4. The van der Waals surface area contributed by atoms with E-state index in [4.69, 9.17) is 33.2 Å². The summed E-state index contributed by atoms with van der Waals surface area (Å²) in [6.07, 6.45) is 0.413. The lowest BCUT2D eigenvalue weighted by Crippen LogP contribution is -2.15. The Kier molecular flexibility index (Phi) is 21.9. The van der Waals surface area contributed by atoms with E-state index >= 15 is 0 Å². The molecule has 13 heteroatoms. The first-order valence-electron chi connectivity index (χ1n) is 15.1. The molecule has 254 valence electrons. The van der Waals surface area contributed by atoms with Crippen LogP contribution < -0.4 is 5.32 Å². The molecule has 2 rings (SSSR count). The van der Waals surface area contributed by atoms with Crippen LogP contribution in [0.3, 0.4) is 0 Å². The average molecular weight is 756 g/mol. The van der Waals surface area contributed by atoms with E-state index in [1.54, 1.807) is 18.2 Å². The molecule has 0 fully saturated rings. The Morgan fingerprint density at radius 1 is 0.622 bits per heavy atom. The van der Waals surface area contributed by atoms with Crippen molar-refractivity contribution in [2.24, 2.45) is 0 Å². The minimum absolute atomic E-state index is 0.0116. The van der Waals surface area contributed by atoms with Crippen molar-refractivity contribution in [3.63, 3.8) is 0 Å². The molecule has 45 heavy (non-hydrogen) atoms. The summed E-state index contributed by atoms with van der Waals surface area (Å²) < 4.78 is 78.3. The van der Waals surface area contributed by atoms with Crippen LogP contribution in [0.4, 0.5) is 24.5 Å². The summed E-state index contributed by atoms with van der Waals surface area (Å²) in [7, 11) is 0. The van der Waals surface area contributed by atoms with Crippen LogP contribution in [-0.4, -0.2) is 96.3 Å². The molecule has 2 aromatic rings. The van der Waals surface area contributed by atoms with Crippen LogP contribution in [0.1, 0.15) is 41.6 Å². The van der Waals surface area contributed by atoms with E-state index in [0.717, 1.165) is 25.2 Å². The third-order valence-electron chi connectivity index (χ3n) is 6.11. The summed E-state index contributed by atoms with van der Waals surface area (Å²) in [5, 5.41) is 2.86. The van der Waals surface area contributed by atoms with Crippen molar-refractivity contribution in [1.29, 1.82) is 0 Å². The second-order valence-corrected chi connectivity index (χ2v) is 10.7. The molecule has 2 aromatic carbocycles. The van der Waals surface area contributed by atoms with Crippen molar-refractivity contribution in [2.45, 2.75) is 31.9 Å². The van der Waals surface area contributed by atoms with Gasteiger partial charge in [-0.2, -0.15) is 13.2 Å². The van der Waals surface area contributed by atoms with Crippen LogP contribution in [0.5, 0.6) is 0 Å². The lowest BCUT2D eigenvalue weighted by molar-refractivity contribution is -0.137. The number of hydrogen-bond acceptors (Lipinski definition) is 9. The number of benzene rings is 2. The lowest BCUT2D eigenvalue weighted by Gasteiger charge is -2.13. The highest BCUT2D eigenvalue weighted by Gasteiger charge is 2.30. The molecule has 0 spiro atoms. The van der Waals surface area contributed by atoms with Crippen molar-refractivity contribution in [2.75, 3.05) is 95.6 Å². The van der Waals surface area contributed by atoms with Gasteiger partial charge in [-0.25, -0.2) is 4.79 Å². The molecule has 0 aliphatic rings. The smallest absolute Gasteiger partial charge is 0.416 e. The minimum Gasteiger partial charge on any atom is -0.460 e. The molecule has 0 amide bonds. The fourth-order valence-corrected chi connectivity index (χ4v) is 4.36. The van der Waals surface area contributed by atoms with Gasteiger partial charge >= 0.3 is 12.1 Å². The third-order valence-corrected chi connectivity index (χ3v) is 6.87. The summed E-state index contributed by atoms with van der Waals surface area (Å²) in [6, 6.07) is 11.2. The van der Waals surface area contributed by atoms with Gasteiger partial charge in [0.1, 0.15) is 6.61 Å². The van der Waals surface area contributed by atoms with Gasteiger partial charge in [-0.3, -0.25) is 0 Å². The Labute approximate surface area is 277 Å². The molecule has 0 aliphatic heterocycles. The standard InChI is InChI=1S/C32H45F3INO8/c33-32(34,35)27-8-7-9-28(26-27)37-30-11-4-3-10-29(30)31(38)45-25-24-44-23-22-43-21-20-42-19-18-41-17-16-40-15-14-39-13-6-2-1-5-12-36/h3-4,7-11,26,37H,1-2,5-6,12-25H2. The van der Waals surface area contributed by atoms with Gasteiger partial charge in [0.2, 0.25) is 0 Å². The van der Waals surface area contributed by atoms with Crippen molar-refractivity contribution in [3.05, 3.63) is 59.7 Å². The number of rotatable bonds is 27.